The van der Waals surface area contributed by atoms with Gasteiger partial charge in [-0.25, -0.2) is 0 Å². The lowest BCUT2D eigenvalue weighted by molar-refractivity contribution is 0.265. The van der Waals surface area contributed by atoms with Gasteiger partial charge in [-0.3, -0.25) is 0 Å². The topological polar surface area (TPSA) is 67.5 Å². The van der Waals surface area contributed by atoms with E-state index < -0.39 is 0 Å². The van der Waals surface area contributed by atoms with Crippen LogP contribution in [0.2, 0.25) is 0 Å². The molecule has 4 heteroatoms. The summed E-state index contributed by atoms with van der Waals surface area (Å²) in [5, 5.41) is 11.4. The van der Waals surface area contributed by atoms with Crippen LogP contribution in [0.25, 0.3) is 0 Å². The Morgan fingerprint density at radius 2 is 2.42 bits per heavy atom. The summed E-state index contributed by atoms with van der Waals surface area (Å²) in [6, 6.07) is 0. The summed E-state index contributed by atoms with van der Waals surface area (Å²) in [6.07, 6.45) is 4.90. The van der Waals surface area contributed by atoms with E-state index in [1.165, 1.54) is 6.20 Å². The van der Waals surface area contributed by atoms with Crippen molar-refractivity contribution in [1.29, 1.82) is 0 Å². The number of aliphatic hydroxyl groups is 1. The highest BCUT2D eigenvalue weighted by molar-refractivity contribution is 5.07. The van der Waals surface area contributed by atoms with Gasteiger partial charge in [-0.1, -0.05) is 0 Å². The Morgan fingerprint density at radius 3 is 2.92 bits per heavy atom. The fraction of sp³-hybridized carbons (Fsp3) is 0.500. The fourth-order valence-electron chi connectivity index (χ4n) is 0.653. The van der Waals surface area contributed by atoms with Crippen LogP contribution in [-0.4, -0.2) is 31.9 Å². The SMILES string of the molecule is CO/C(=C/C=C/N)CNCCO. The zero-order valence-electron chi connectivity index (χ0n) is 7.29. The second kappa shape index (κ2) is 8.10. The van der Waals surface area contributed by atoms with E-state index in [9.17, 15) is 0 Å². The number of rotatable bonds is 6. The highest BCUT2D eigenvalue weighted by atomic mass is 16.5. The van der Waals surface area contributed by atoms with Gasteiger partial charge in [0.2, 0.25) is 0 Å². The van der Waals surface area contributed by atoms with E-state index >= 15 is 0 Å². The molecule has 0 radical (unpaired) electrons. The quantitative estimate of drug-likeness (QED) is 0.289. The average Bonchev–Trinajstić information content (AvgIpc) is 2.11. The molecular weight excluding hydrogens is 156 g/mol. The number of hydrogen-bond donors (Lipinski definition) is 3. The first-order valence-electron chi connectivity index (χ1n) is 3.78. The van der Waals surface area contributed by atoms with Crippen molar-refractivity contribution in [3.05, 3.63) is 24.1 Å². The summed E-state index contributed by atoms with van der Waals surface area (Å²) in [5.41, 5.74) is 5.15. The molecule has 0 aliphatic heterocycles. The average molecular weight is 172 g/mol. The summed E-state index contributed by atoms with van der Waals surface area (Å²) in [4.78, 5) is 0. The van der Waals surface area contributed by atoms with Crippen LogP contribution in [0.1, 0.15) is 0 Å². The van der Waals surface area contributed by atoms with Gasteiger partial charge in [-0.05, 0) is 18.4 Å². The first-order chi connectivity index (χ1) is 5.85. The lowest BCUT2D eigenvalue weighted by Gasteiger charge is -2.05. The predicted octanol–water partition coefficient (Wildman–Crippen LogP) is -0.429. The third-order valence-corrected chi connectivity index (χ3v) is 1.24. The Hall–Kier alpha value is -1.00. The van der Waals surface area contributed by atoms with Crippen molar-refractivity contribution < 1.29 is 9.84 Å². The molecular formula is C8H16N2O2. The van der Waals surface area contributed by atoms with Gasteiger partial charge in [0.05, 0.1) is 20.3 Å². The molecule has 0 aromatic rings. The van der Waals surface area contributed by atoms with Crippen LogP contribution in [0.5, 0.6) is 0 Å². The fourth-order valence-corrected chi connectivity index (χ4v) is 0.653. The highest BCUT2D eigenvalue weighted by Gasteiger charge is 1.92. The number of methoxy groups -OCH3 is 1. The molecule has 0 spiro atoms. The highest BCUT2D eigenvalue weighted by Crippen LogP contribution is 1.92. The Bertz CT molecular complexity index is 155. The molecule has 0 saturated heterocycles. The maximum absolute atomic E-state index is 8.47. The van der Waals surface area contributed by atoms with E-state index in [0.717, 1.165) is 5.76 Å². The standard InChI is InChI=1S/C8H16N2O2/c1-12-8(3-2-4-9)7-10-5-6-11/h2-4,10-11H,5-7,9H2,1H3/b4-2+,8-3+. The van der Waals surface area contributed by atoms with Crippen molar-refractivity contribution >= 4 is 0 Å². The van der Waals surface area contributed by atoms with Crippen LogP contribution in [0, 0.1) is 0 Å². The lowest BCUT2D eigenvalue weighted by Crippen LogP contribution is -2.21. The largest absolute Gasteiger partial charge is 0.500 e. The van der Waals surface area contributed by atoms with Crippen LogP contribution in [0.4, 0.5) is 0 Å². The molecule has 4 nitrogen and oxygen atoms in total. The third-order valence-electron chi connectivity index (χ3n) is 1.24. The number of allylic oxidation sites excluding steroid dienone is 2. The van der Waals surface area contributed by atoms with Crippen molar-refractivity contribution in [1.82, 2.24) is 5.32 Å². The van der Waals surface area contributed by atoms with Crippen molar-refractivity contribution in [3.63, 3.8) is 0 Å². The second-order valence-electron chi connectivity index (χ2n) is 2.12. The van der Waals surface area contributed by atoms with Gasteiger partial charge in [0.1, 0.15) is 5.76 Å². The molecule has 0 atom stereocenters. The second-order valence-corrected chi connectivity index (χ2v) is 2.12. The molecule has 12 heavy (non-hydrogen) atoms. The first kappa shape index (κ1) is 11.0. The maximum Gasteiger partial charge on any atom is 0.109 e. The molecule has 0 saturated carbocycles. The van der Waals surface area contributed by atoms with Crippen LogP contribution < -0.4 is 11.1 Å². The number of nitrogens with one attached hydrogen (secondary N) is 1. The molecule has 0 aliphatic rings. The van der Waals surface area contributed by atoms with Crippen molar-refractivity contribution in [3.8, 4) is 0 Å². The molecule has 0 aromatic carbocycles. The van der Waals surface area contributed by atoms with Crippen molar-refractivity contribution in [2.24, 2.45) is 5.73 Å². The number of hydrogen-bond acceptors (Lipinski definition) is 4. The van der Waals surface area contributed by atoms with Crippen molar-refractivity contribution in [2.75, 3.05) is 26.8 Å². The summed E-state index contributed by atoms with van der Waals surface area (Å²) >= 11 is 0. The van der Waals surface area contributed by atoms with Gasteiger partial charge < -0.3 is 20.9 Å². The number of aliphatic hydroxyl groups excluding tert-OH is 1. The number of ether oxygens (including phenoxy) is 1. The first-order valence-corrected chi connectivity index (χ1v) is 3.78. The summed E-state index contributed by atoms with van der Waals surface area (Å²) < 4.78 is 5.01. The van der Waals surface area contributed by atoms with Crippen LogP contribution >= 0.6 is 0 Å². The summed E-state index contributed by atoms with van der Waals surface area (Å²) in [6.45, 7) is 1.29. The zero-order valence-corrected chi connectivity index (χ0v) is 7.29. The summed E-state index contributed by atoms with van der Waals surface area (Å²) in [7, 11) is 1.59. The molecule has 0 unspecified atom stereocenters. The Balaban J connectivity index is 3.66. The molecule has 70 valence electrons. The predicted molar refractivity (Wildman–Crippen MR) is 48.4 cm³/mol. The number of nitrogens with two attached hydrogens (primary N) is 1. The van der Waals surface area contributed by atoms with Gasteiger partial charge in [-0.2, -0.15) is 0 Å². The Morgan fingerprint density at radius 1 is 1.67 bits per heavy atom. The lowest BCUT2D eigenvalue weighted by atomic mass is 10.4. The minimum atomic E-state index is 0.129. The normalized spacial score (nSPS) is 12.3. The van der Waals surface area contributed by atoms with Crippen LogP contribution in [0.15, 0.2) is 24.1 Å². The van der Waals surface area contributed by atoms with Gasteiger partial charge in [0.15, 0.2) is 0 Å². The van der Waals surface area contributed by atoms with Gasteiger partial charge in [-0.15, -0.1) is 0 Å². The monoisotopic (exact) mass is 172 g/mol. The Labute approximate surface area is 72.7 Å². The van der Waals surface area contributed by atoms with Crippen LogP contribution in [-0.2, 0) is 4.74 Å². The van der Waals surface area contributed by atoms with E-state index in [4.69, 9.17) is 15.6 Å². The molecule has 0 rings (SSSR count). The Kier molecular flexibility index (Phi) is 7.42. The molecule has 0 bridgehead atoms. The maximum atomic E-state index is 8.47. The molecule has 0 heterocycles. The molecule has 4 N–H and O–H groups in total. The molecule has 0 aliphatic carbocycles. The van der Waals surface area contributed by atoms with E-state index in [1.807, 2.05) is 0 Å². The van der Waals surface area contributed by atoms with E-state index in [-0.39, 0.29) is 6.61 Å². The third kappa shape index (κ3) is 5.76. The van der Waals surface area contributed by atoms with E-state index in [2.05, 4.69) is 5.32 Å². The molecule has 0 aromatic heterocycles. The van der Waals surface area contributed by atoms with Crippen LogP contribution in [0.3, 0.4) is 0 Å². The van der Waals surface area contributed by atoms with Crippen molar-refractivity contribution in [2.45, 2.75) is 0 Å². The zero-order chi connectivity index (χ0) is 9.23. The molecule has 0 fully saturated rings. The van der Waals surface area contributed by atoms with E-state index in [0.29, 0.717) is 13.1 Å². The van der Waals surface area contributed by atoms with E-state index in [1.54, 1.807) is 19.3 Å². The smallest absolute Gasteiger partial charge is 0.109 e. The van der Waals surface area contributed by atoms with Gasteiger partial charge >= 0.3 is 0 Å². The minimum absolute atomic E-state index is 0.129. The summed E-state index contributed by atoms with van der Waals surface area (Å²) in [5.74, 6) is 0.783. The van der Waals surface area contributed by atoms with Gasteiger partial charge in [0.25, 0.3) is 0 Å². The van der Waals surface area contributed by atoms with Gasteiger partial charge in [0, 0.05) is 6.54 Å². The molecule has 0 amide bonds. The minimum Gasteiger partial charge on any atom is -0.500 e.